The number of nitrogens with two attached hydrogens (primary N) is 1. The first-order valence-electron chi connectivity index (χ1n) is 5.90. The highest BCUT2D eigenvalue weighted by molar-refractivity contribution is 5.13. The van der Waals surface area contributed by atoms with Crippen LogP contribution in [0.2, 0.25) is 0 Å². The lowest BCUT2D eigenvalue weighted by Crippen LogP contribution is -2.31. The number of rotatable bonds is 2. The molecular formula is C11H17N3O2. The van der Waals surface area contributed by atoms with Crippen LogP contribution in [0.25, 0.3) is 0 Å². The molecule has 5 nitrogen and oxygen atoms in total. The standard InChI is InChI=1S/C11H17N3O2/c1-10(4-2-3-7-15-10)8-13-9(16-14-8)11(12)5-6-11/h2-7,12H2,1H3. The lowest BCUT2D eigenvalue weighted by atomic mass is 9.95. The minimum Gasteiger partial charge on any atom is -0.367 e. The average molecular weight is 223 g/mol. The van der Waals surface area contributed by atoms with Crippen LogP contribution in [0.15, 0.2) is 4.52 Å². The van der Waals surface area contributed by atoms with Crippen molar-refractivity contribution in [2.45, 2.75) is 50.2 Å². The summed E-state index contributed by atoms with van der Waals surface area (Å²) in [6, 6.07) is 0. The Labute approximate surface area is 94.3 Å². The molecule has 0 spiro atoms. The second kappa shape index (κ2) is 3.28. The molecule has 5 heteroatoms. The maximum absolute atomic E-state index is 6.02. The number of nitrogens with zero attached hydrogens (tertiary/aromatic N) is 2. The fourth-order valence-electron chi connectivity index (χ4n) is 2.10. The van der Waals surface area contributed by atoms with E-state index in [1.165, 1.54) is 0 Å². The quantitative estimate of drug-likeness (QED) is 0.821. The smallest absolute Gasteiger partial charge is 0.246 e. The zero-order valence-corrected chi connectivity index (χ0v) is 9.53. The van der Waals surface area contributed by atoms with Gasteiger partial charge in [-0.3, -0.25) is 0 Å². The van der Waals surface area contributed by atoms with Crippen molar-refractivity contribution in [1.82, 2.24) is 10.1 Å². The summed E-state index contributed by atoms with van der Waals surface area (Å²) in [6.45, 7) is 2.80. The predicted octanol–water partition coefficient (Wildman–Crippen LogP) is 1.43. The molecule has 0 radical (unpaired) electrons. The third-order valence-corrected chi connectivity index (χ3v) is 3.58. The van der Waals surface area contributed by atoms with Crippen LogP contribution in [0, 0.1) is 0 Å². The molecule has 1 aromatic heterocycles. The second-order valence-corrected chi connectivity index (χ2v) is 5.12. The summed E-state index contributed by atoms with van der Waals surface area (Å²) in [5.41, 5.74) is 5.28. The molecule has 1 saturated carbocycles. The van der Waals surface area contributed by atoms with Gasteiger partial charge in [0.2, 0.25) is 11.7 Å². The fourth-order valence-corrected chi connectivity index (χ4v) is 2.10. The molecule has 1 aliphatic heterocycles. The van der Waals surface area contributed by atoms with Gasteiger partial charge in [-0.15, -0.1) is 0 Å². The number of ether oxygens (including phenoxy) is 1. The average Bonchev–Trinajstić information content (AvgIpc) is 2.84. The normalized spacial score (nSPS) is 32.6. The molecule has 0 amide bonds. The molecule has 2 heterocycles. The SMILES string of the molecule is CC1(c2noc(C3(N)CC3)n2)CCCCO1. The van der Waals surface area contributed by atoms with Crippen molar-refractivity contribution in [3.8, 4) is 0 Å². The lowest BCUT2D eigenvalue weighted by molar-refractivity contribution is -0.0770. The maximum atomic E-state index is 6.02. The Morgan fingerprint density at radius 3 is 2.69 bits per heavy atom. The molecule has 0 aromatic carbocycles. The zero-order chi connectivity index (χ0) is 11.2. The zero-order valence-electron chi connectivity index (χ0n) is 9.53. The summed E-state index contributed by atoms with van der Waals surface area (Å²) >= 11 is 0. The fraction of sp³-hybridized carbons (Fsp3) is 0.818. The Morgan fingerprint density at radius 1 is 1.25 bits per heavy atom. The number of hydrogen-bond acceptors (Lipinski definition) is 5. The molecule has 1 atom stereocenters. The largest absolute Gasteiger partial charge is 0.367 e. The Bertz CT molecular complexity index is 392. The van der Waals surface area contributed by atoms with Crippen molar-refractivity contribution >= 4 is 0 Å². The van der Waals surface area contributed by atoms with Crippen molar-refractivity contribution in [2.24, 2.45) is 5.73 Å². The van der Waals surface area contributed by atoms with E-state index in [0.29, 0.717) is 11.7 Å². The van der Waals surface area contributed by atoms with E-state index < -0.39 is 0 Å². The second-order valence-electron chi connectivity index (χ2n) is 5.12. The van der Waals surface area contributed by atoms with Crippen LogP contribution in [0.3, 0.4) is 0 Å². The van der Waals surface area contributed by atoms with Gasteiger partial charge in [-0.2, -0.15) is 4.98 Å². The maximum Gasteiger partial charge on any atom is 0.246 e. The van der Waals surface area contributed by atoms with Gasteiger partial charge in [-0.25, -0.2) is 0 Å². The van der Waals surface area contributed by atoms with E-state index in [9.17, 15) is 0 Å². The third-order valence-electron chi connectivity index (χ3n) is 3.58. The molecule has 2 aliphatic rings. The molecular weight excluding hydrogens is 206 g/mol. The minimum absolute atomic E-state index is 0.351. The van der Waals surface area contributed by atoms with Gasteiger partial charge >= 0.3 is 0 Å². The molecule has 1 saturated heterocycles. The van der Waals surface area contributed by atoms with Crippen molar-refractivity contribution in [3.05, 3.63) is 11.7 Å². The van der Waals surface area contributed by atoms with Crippen molar-refractivity contribution in [1.29, 1.82) is 0 Å². The third kappa shape index (κ3) is 1.55. The van der Waals surface area contributed by atoms with Crippen LogP contribution in [-0.2, 0) is 15.9 Å². The number of aromatic nitrogens is 2. The van der Waals surface area contributed by atoms with E-state index in [1.54, 1.807) is 0 Å². The Hall–Kier alpha value is -0.940. The molecule has 0 bridgehead atoms. The highest BCUT2D eigenvalue weighted by atomic mass is 16.5. The molecule has 1 unspecified atom stereocenters. The topological polar surface area (TPSA) is 74.2 Å². The van der Waals surface area contributed by atoms with Gasteiger partial charge in [-0.05, 0) is 39.0 Å². The minimum atomic E-state index is -0.384. The Kier molecular flexibility index (Phi) is 2.09. The number of hydrogen-bond donors (Lipinski definition) is 1. The van der Waals surface area contributed by atoms with E-state index in [-0.39, 0.29) is 11.1 Å². The van der Waals surface area contributed by atoms with Crippen LogP contribution in [0.1, 0.15) is 50.7 Å². The Morgan fingerprint density at radius 2 is 2.06 bits per heavy atom. The first kappa shape index (κ1) is 10.2. The summed E-state index contributed by atoms with van der Waals surface area (Å²) in [5, 5.41) is 4.03. The first-order chi connectivity index (χ1) is 7.62. The highest BCUT2D eigenvalue weighted by Crippen LogP contribution is 2.42. The lowest BCUT2D eigenvalue weighted by Gasteiger charge is -2.30. The molecule has 16 heavy (non-hydrogen) atoms. The monoisotopic (exact) mass is 223 g/mol. The van der Waals surface area contributed by atoms with Gasteiger partial charge in [-0.1, -0.05) is 5.16 Å². The van der Waals surface area contributed by atoms with Crippen molar-refractivity contribution in [3.63, 3.8) is 0 Å². The first-order valence-corrected chi connectivity index (χ1v) is 5.90. The summed E-state index contributed by atoms with van der Waals surface area (Å²) in [5.74, 6) is 1.22. The van der Waals surface area contributed by atoms with Crippen LogP contribution in [-0.4, -0.2) is 16.7 Å². The van der Waals surface area contributed by atoms with Gasteiger partial charge in [0, 0.05) is 6.61 Å². The summed E-state index contributed by atoms with van der Waals surface area (Å²) in [4.78, 5) is 4.41. The van der Waals surface area contributed by atoms with E-state index in [4.69, 9.17) is 15.0 Å². The molecule has 1 aliphatic carbocycles. The molecule has 2 N–H and O–H groups in total. The van der Waals surface area contributed by atoms with E-state index in [1.807, 2.05) is 6.92 Å². The molecule has 88 valence electrons. The summed E-state index contributed by atoms with van der Waals surface area (Å²) in [6.07, 6.45) is 5.08. The van der Waals surface area contributed by atoms with Crippen molar-refractivity contribution < 1.29 is 9.26 Å². The van der Waals surface area contributed by atoms with Crippen LogP contribution < -0.4 is 5.73 Å². The van der Waals surface area contributed by atoms with Gasteiger partial charge < -0.3 is 15.0 Å². The van der Waals surface area contributed by atoms with Crippen LogP contribution in [0.4, 0.5) is 0 Å². The van der Waals surface area contributed by atoms with Crippen molar-refractivity contribution in [2.75, 3.05) is 6.61 Å². The molecule has 2 fully saturated rings. The van der Waals surface area contributed by atoms with Gasteiger partial charge in [0.25, 0.3) is 0 Å². The van der Waals surface area contributed by atoms with Crippen LogP contribution in [0.5, 0.6) is 0 Å². The van der Waals surface area contributed by atoms with Gasteiger partial charge in [0.05, 0.1) is 5.54 Å². The van der Waals surface area contributed by atoms with Gasteiger partial charge in [0.15, 0.2) is 0 Å². The van der Waals surface area contributed by atoms with E-state index >= 15 is 0 Å². The Balaban J connectivity index is 1.85. The summed E-state index contributed by atoms with van der Waals surface area (Å²) < 4.78 is 11.0. The summed E-state index contributed by atoms with van der Waals surface area (Å²) in [7, 11) is 0. The molecule has 1 aromatic rings. The molecule has 3 rings (SSSR count). The van der Waals surface area contributed by atoms with Crippen LogP contribution >= 0.6 is 0 Å². The highest BCUT2D eigenvalue weighted by Gasteiger charge is 2.47. The van der Waals surface area contributed by atoms with E-state index in [0.717, 1.165) is 38.7 Å². The van der Waals surface area contributed by atoms with Gasteiger partial charge in [0.1, 0.15) is 5.60 Å². The van der Waals surface area contributed by atoms with E-state index in [2.05, 4.69) is 10.1 Å². The predicted molar refractivity (Wildman–Crippen MR) is 56.6 cm³/mol.